The Labute approximate surface area is 189 Å². The Hall–Kier alpha value is -2.78. The third kappa shape index (κ3) is 5.92. The van der Waals surface area contributed by atoms with Gasteiger partial charge in [-0.15, -0.1) is 0 Å². The number of carbonyl (C=O) groups is 1. The van der Waals surface area contributed by atoms with Crippen LogP contribution in [0.4, 0.5) is 0 Å². The summed E-state index contributed by atoms with van der Waals surface area (Å²) < 4.78 is 45.1. The number of carbonyl (C=O) groups excluding carboxylic acids is 1. The number of methoxy groups -OCH3 is 1. The van der Waals surface area contributed by atoms with Gasteiger partial charge in [0.2, 0.25) is 15.9 Å². The normalized spacial score (nSPS) is 16.5. The molecule has 2 unspecified atom stereocenters. The Bertz CT molecular complexity index is 1020. The number of nitrogens with one attached hydrogen (secondary N) is 1. The van der Waals surface area contributed by atoms with E-state index in [2.05, 4.69) is 4.72 Å². The van der Waals surface area contributed by atoms with Crippen LogP contribution in [0.3, 0.4) is 0 Å². The van der Waals surface area contributed by atoms with Crippen molar-refractivity contribution in [2.75, 3.05) is 27.3 Å². The number of ether oxygens (including phenoxy) is 3. The Morgan fingerprint density at radius 1 is 1.16 bits per heavy atom. The smallest absolute Gasteiger partial charge is 0.241 e. The first-order chi connectivity index (χ1) is 15.2. The van der Waals surface area contributed by atoms with E-state index in [1.807, 2.05) is 38.1 Å². The van der Waals surface area contributed by atoms with Crippen molar-refractivity contribution in [2.45, 2.75) is 37.3 Å². The zero-order valence-corrected chi connectivity index (χ0v) is 19.6. The van der Waals surface area contributed by atoms with E-state index in [4.69, 9.17) is 14.2 Å². The summed E-state index contributed by atoms with van der Waals surface area (Å²) in [6.45, 7) is 4.46. The molecule has 32 heavy (non-hydrogen) atoms. The molecule has 0 radical (unpaired) electrons. The van der Waals surface area contributed by atoms with Gasteiger partial charge in [0.15, 0.2) is 17.6 Å². The van der Waals surface area contributed by atoms with Crippen molar-refractivity contribution in [3.63, 3.8) is 0 Å². The largest absolute Gasteiger partial charge is 0.497 e. The van der Waals surface area contributed by atoms with Crippen molar-refractivity contribution in [3.8, 4) is 17.2 Å². The minimum absolute atomic E-state index is 0.0723. The summed E-state index contributed by atoms with van der Waals surface area (Å²) in [5.74, 6) is 1.64. The number of likely N-dealkylation sites (N-methyl/N-ethyl adjacent to an activating group) is 1. The van der Waals surface area contributed by atoms with Gasteiger partial charge < -0.3 is 19.1 Å². The van der Waals surface area contributed by atoms with Crippen LogP contribution < -0.4 is 18.9 Å². The second-order valence-corrected chi connectivity index (χ2v) is 9.91. The molecule has 0 saturated heterocycles. The number of nitrogens with zero attached hydrogens (tertiary/aromatic N) is 1. The van der Waals surface area contributed by atoms with Gasteiger partial charge in [-0.3, -0.25) is 4.79 Å². The van der Waals surface area contributed by atoms with Gasteiger partial charge in [0, 0.05) is 7.05 Å². The predicted octanol–water partition coefficient (Wildman–Crippen LogP) is 2.69. The lowest BCUT2D eigenvalue weighted by Gasteiger charge is -2.31. The zero-order valence-electron chi connectivity index (χ0n) is 18.8. The summed E-state index contributed by atoms with van der Waals surface area (Å²) in [5, 5.41) is 0. The monoisotopic (exact) mass is 462 g/mol. The van der Waals surface area contributed by atoms with Gasteiger partial charge in [0.05, 0.1) is 18.6 Å². The molecule has 3 rings (SSSR count). The molecule has 1 aliphatic rings. The average Bonchev–Trinajstić information content (AvgIpc) is 2.77. The van der Waals surface area contributed by atoms with Gasteiger partial charge in [-0.2, -0.15) is 4.72 Å². The first-order valence-corrected chi connectivity index (χ1v) is 12.0. The minimum atomic E-state index is -3.89. The molecule has 0 spiro atoms. The van der Waals surface area contributed by atoms with Gasteiger partial charge >= 0.3 is 0 Å². The molecule has 174 valence electrons. The lowest BCUT2D eigenvalue weighted by atomic mass is 10.0. The highest BCUT2D eigenvalue weighted by molar-refractivity contribution is 7.89. The van der Waals surface area contributed by atoms with Crippen LogP contribution in [0, 0.1) is 5.92 Å². The average molecular weight is 463 g/mol. The number of sulfonamides is 1. The van der Waals surface area contributed by atoms with Gasteiger partial charge in [0.1, 0.15) is 18.4 Å². The van der Waals surface area contributed by atoms with Crippen molar-refractivity contribution >= 4 is 15.9 Å². The SMILES string of the molecule is COc1ccc(S(=O)(=O)NC(CC(C)C)C(=O)N(C)CC2COc3ccccc3O2)cc1. The highest BCUT2D eigenvalue weighted by Gasteiger charge is 2.31. The summed E-state index contributed by atoms with van der Waals surface area (Å²) >= 11 is 0. The van der Waals surface area contributed by atoms with Crippen LogP contribution in [-0.4, -0.2) is 58.7 Å². The van der Waals surface area contributed by atoms with E-state index in [9.17, 15) is 13.2 Å². The van der Waals surface area contributed by atoms with Crippen molar-refractivity contribution in [1.82, 2.24) is 9.62 Å². The second kappa shape index (κ2) is 10.2. The molecule has 0 aromatic heterocycles. The van der Waals surface area contributed by atoms with E-state index in [1.165, 1.54) is 24.1 Å². The first kappa shape index (κ1) is 23.9. The minimum Gasteiger partial charge on any atom is -0.497 e. The van der Waals surface area contributed by atoms with E-state index in [-0.39, 0.29) is 29.4 Å². The van der Waals surface area contributed by atoms with Gasteiger partial charge in [-0.25, -0.2) is 8.42 Å². The number of rotatable bonds is 9. The standard InChI is InChI=1S/C23H30N2O6S/c1-16(2)13-20(24-32(27,28)19-11-9-17(29-4)10-12-19)23(26)25(3)14-18-15-30-21-7-5-6-8-22(21)31-18/h5-12,16,18,20,24H,13-15H2,1-4H3. The number of fused-ring (bicyclic) bond motifs is 1. The van der Waals surface area contributed by atoms with Crippen molar-refractivity contribution in [3.05, 3.63) is 48.5 Å². The van der Waals surface area contributed by atoms with Crippen LogP contribution >= 0.6 is 0 Å². The molecule has 0 bridgehead atoms. The molecule has 0 saturated carbocycles. The molecule has 9 heteroatoms. The molecule has 2 atom stereocenters. The van der Waals surface area contributed by atoms with Gasteiger partial charge in [-0.05, 0) is 48.7 Å². The molecule has 1 aliphatic heterocycles. The fraction of sp³-hybridized carbons (Fsp3) is 0.435. The summed E-state index contributed by atoms with van der Waals surface area (Å²) in [6.07, 6.45) is 0.0143. The molecule has 8 nitrogen and oxygen atoms in total. The van der Waals surface area contributed by atoms with Crippen LogP contribution in [0.25, 0.3) is 0 Å². The molecule has 1 N–H and O–H groups in total. The topological polar surface area (TPSA) is 94.2 Å². The summed E-state index contributed by atoms with van der Waals surface area (Å²) in [7, 11) is -0.742. The number of benzene rings is 2. The van der Waals surface area contributed by atoms with Crippen LogP contribution in [-0.2, 0) is 14.8 Å². The highest BCUT2D eigenvalue weighted by atomic mass is 32.2. The number of hydrogen-bond donors (Lipinski definition) is 1. The van der Waals surface area contributed by atoms with E-state index < -0.39 is 16.1 Å². The molecule has 1 amide bonds. The summed E-state index contributed by atoms with van der Waals surface area (Å²) in [5.41, 5.74) is 0. The van der Waals surface area contributed by atoms with Crippen LogP contribution in [0.2, 0.25) is 0 Å². The highest BCUT2D eigenvalue weighted by Crippen LogP contribution is 2.31. The Balaban J connectivity index is 1.69. The Morgan fingerprint density at radius 2 is 1.81 bits per heavy atom. The number of amides is 1. The summed E-state index contributed by atoms with van der Waals surface area (Å²) in [4.78, 5) is 14.8. The van der Waals surface area contributed by atoms with E-state index in [1.54, 1.807) is 19.2 Å². The van der Waals surface area contributed by atoms with Crippen LogP contribution in [0.15, 0.2) is 53.4 Å². The maximum absolute atomic E-state index is 13.2. The molecule has 2 aromatic rings. The first-order valence-electron chi connectivity index (χ1n) is 10.5. The second-order valence-electron chi connectivity index (χ2n) is 8.20. The Kier molecular flexibility index (Phi) is 7.63. The Morgan fingerprint density at radius 3 is 2.44 bits per heavy atom. The lowest BCUT2D eigenvalue weighted by Crippen LogP contribution is -2.51. The molecule has 0 aliphatic carbocycles. The fourth-order valence-electron chi connectivity index (χ4n) is 3.50. The van der Waals surface area contributed by atoms with Crippen molar-refractivity contribution < 1.29 is 27.4 Å². The lowest BCUT2D eigenvalue weighted by molar-refractivity contribution is -0.133. The number of para-hydroxylation sites is 2. The van der Waals surface area contributed by atoms with Gasteiger partial charge in [0.25, 0.3) is 0 Å². The van der Waals surface area contributed by atoms with E-state index >= 15 is 0 Å². The quantitative estimate of drug-likeness (QED) is 0.616. The van der Waals surface area contributed by atoms with Crippen LogP contribution in [0.5, 0.6) is 17.2 Å². The third-order valence-corrected chi connectivity index (χ3v) is 6.58. The molecule has 1 heterocycles. The van der Waals surface area contributed by atoms with Crippen molar-refractivity contribution in [2.24, 2.45) is 5.92 Å². The van der Waals surface area contributed by atoms with Crippen LogP contribution in [0.1, 0.15) is 20.3 Å². The third-order valence-electron chi connectivity index (χ3n) is 5.09. The molecule has 0 fully saturated rings. The van der Waals surface area contributed by atoms with E-state index in [0.717, 1.165) is 0 Å². The predicted molar refractivity (Wildman–Crippen MR) is 121 cm³/mol. The summed E-state index contributed by atoms with van der Waals surface area (Å²) in [6, 6.07) is 12.5. The molecule has 2 aromatic carbocycles. The fourth-order valence-corrected chi connectivity index (χ4v) is 4.70. The maximum atomic E-state index is 13.2. The number of hydrogen-bond acceptors (Lipinski definition) is 6. The zero-order chi connectivity index (χ0) is 23.3. The molecular formula is C23H30N2O6S. The van der Waals surface area contributed by atoms with Gasteiger partial charge in [-0.1, -0.05) is 26.0 Å². The van der Waals surface area contributed by atoms with E-state index in [0.29, 0.717) is 30.3 Å². The van der Waals surface area contributed by atoms with Crippen molar-refractivity contribution in [1.29, 1.82) is 0 Å². The molecular weight excluding hydrogens is 432 g/mol. The maximum Gasteiger partial charge on any atom is 0.241 e.